The van der Waals surface area contributed by atoms with Crippen molar-refractivity contribution in [2.75, 3.05) is 11.9 Å². The highest BCUT2D eigenvalue weighted by atomic mass is 16.5. The molecule has 0 spiro atoms. The van der Waals surface area contributed by atoms with E-state index in [0.29, 0.717) is 23.1 Å². The van der Waals surface area contributed by atoms with Crippen LogP contribution in [0.25, 0.3) is 11.1 Å². The van der Waals surface area contributed by atoms with E-state index in [0.717, 1.165) is 16.7 Å². The third-order valence-electron chi connectivity index (χ3n) is 5.44. The molecule has 2 N–H and O–H groups in total. The number of amides is 1. The van der Waals surface area contributed by atoms with Gasteiger partial charge in [0.05, 0.1) is 19.3 Å². The molecule has 33 heavy (non-hydrogen) atoms. The molecule has 1 aliphatic heterocycles. The summed E-state index contributed by atoms with van der Waals surface area (Å²) in [6.07, 6.45) is 4.05. The van der Waals surface area contributed by atoms with Gasteiger partial charge in [-0.2, -0.15) is 10.1 Å². The Morgan fingerprint density at radius 2 is 1.88 bits per heavy atom. The first kappa shape index (κ1) is 20.5. The molecular weight excluding hydrogens is 420 g/mol. The Bertz CT molecular complexity index is 1270. The molecule has 9 nitrogen and oxygen atoms in total. The summed E-state index contributed by atoms with van der Waals surface area (Å²) in [6.45, 7) is 0.426. The fourth-order valence-electron chi connectivity index (χ4n) is 3.73. The van der Waals surface area contributed by atoms with Crippen molar-refractivity contribution < 1.29 is 14.6 Å². The van der Waals surface area contributed by atoms with Crippen molar-refractivity contribution in [3.05, 3.63) is 84.3 Å². The minimum absolute atomic E-state index is 0.208. The van der Waals surface area contributed by atoms with E-state index in [2.05, 4.69) is 20.4 Å². The maximum Gasteiger partial charge on any atom is 0.407 e. The van der Waals surface area contributed by atoms with Crippen molar-refractivity contribution in [1.29, 1.82) is 0 Å². The number of carbonyl (C=O) groups is 1. The van der Waals surface area contributed by atoms with Gasteiger partial charge in [0.2, 0.25) is 5.88 Å². The molecular formula is C24H22N6O3. The van der Waals surface area contributed by atoms with Crippen LogP contribution in [0.4, 0.5) is 16.4 Å². The summed E-state index contributed by atoms with van der Waals surface area (Å²) >= 11 is 0. The van der Waals surface area contributed by atoms with Crippen LogP contribution >= 0.6 is 0 Å². The molecule has 3 aromatic heterocycles. The maximum absolute atomic E-state index is 11.8. The van der Waals surface area contributed by atoms with E-state index < -0.39 is 12.2 Å². The van der Waals surface area contributed by atoms with Crippen LogP contribution in [0, 0.1) is 0 Å². The number of hydrogen-bond donors (Lipinski definition) is 2. The molecule has 1 unspecified atom stereocenters. The summed E-state index contributed by atoms with van der Waals surface area (Å²) < 4.78 is 7.94. The summed E-state index contributed by atoms with van der Waals surface area (Å²) in [7, 11) is 1.87. The average Bonchev–Trinajstić information content (AvgIpc) is 3.16. The quantitative estimate of drug-likeness (QED) is 0.487. The highest BCUT2D eigenvalue weighted by Crippen LogP contribution is 2.31. The van der Waals surface area contributed by atoms with E-state index >= 15 is 0 Å². The number of anilines is 2. The number of nitrogens with one attached hydrogen (secondary N) is 1. The first-order chi connectivity index (χ1) is 16.0. The first-order valence-corrected chi connectivity index (χ1v) is 10.5. The van der Waals surface area contributed by atoms with E-state index in [9.17, 15) is 9.90 Å². The maximum atomic E-state index is 11.8. The monoisotopic (exact) mass is 442 g/mol. The number of aryl methyl sites for hydroxylation is 1. The van der Waals surface area contributed by atoms with Gasteiger partial charge in [-0.25, -0.2) is 9.78 Å². The van der Waals surface area contributed by atoms with Gasteiger partial charge in [0, 0.05) is 36.1 Å². The fourth-order valence-corrected chi connectivity index (χ4v) is 3.73. The number of ether oxygens (including phenoxy) is 1. The zero-order chi connectivity index (χ0) is 22.8. The van der Waals surface area contributed by atoms with Gasteiger partial charge in [0.15, 0.2) is 0 Å². The normalized spacial score (nSPS) is 15.3. The van der Waals surface area contributed by atoms with Crippen LogP contribution in [-0.4, -0.2) is 42.4 Å². The van der Waals surface area contributed by atoms with Gasteiger partial charge in [-0.3, -0.25) is 9.58 Å². The highest BCUT2D eigenvalue weighted by molar-refractivity contribution is 5.66. The molecule has 0 radical (unpaired) electrons. The lowest BCUT2D eigenvalue weighted by molar-refractivity contribution is 0.115. The van der Waals surface area contributed by atoms with Crippen LogP contribution < -0.4 is 10.1 Å². The topological polar surface area (TPSA) is 105 Å². The summed E-state index contributed by atoms with van der Waals surface area (Å²) in [5.41, 5.74) is 3.56. The molecule has 166 valence electrons. The molecule has 0 saturated heterocycles. The van der Waals surface area contributed by atoms with Gasteiger partial charge in [-0.15, -0.1) is 0 Å². The standard InChI is InChI=1S/C24H22N6O3/c1-29-13-19(12-26-29)17-7-9-21(25-11-17)27-22-10-8-18-14-30(24(31)32)15-20(33-23(18)28-22)16-5-3-2-4-6-16/h2-13,20H,14-15H2,1H3,(H,31,32)(H,25,27,28). The van der Waals surface area contributed by atoms with E-state index in [4.69, 9.17) is 4.74 Å². The Morgan fingerprint density at radius 3 is 2.58 bits per heavy atom. The first-order valence-electron chi connectivity index (χ1n) is 10.5. The summed E-state index contributed by atoms with van der Waals surface area (Å²) in [6, 6.07) is 17.0. The number of aromatic nitrogens is 4. The van der Waals surface area contributed by atoms with Gasteiger partial charge >= 0.3 is 6.09 Å². The Kier molecular flexibility index (Phi) is 5.35. The predicted octanol–water partition coefficient (Wildman–Crippen LogP) is 4.23. The van der Waals surface area contributed by atoms with E-state index in [-0.39, 0.29) is 13.1 Å². The molecule has 0 fully saturated rings. The van der Waals surface area contributed by atoms with Crippen LogP contribution in [0.15, 0.2) is 73.2 Å². The molecule has 4 heterocycles. The van der Waals surface area contributed by atoms with Crippen LogP contribution in [0.1, 0.15) is 17.2 Å². The van der Waals surface area contributed by atoms with Crippen molar-refractivity contribution in [2.45, 2.75) is 12.6 Å². The van der Waals surface area contributed by atoms with Crippen LogP contribution in [-0.2, 0) is 13.6 Å². The molecule has 1 aliphatic rings. The minimum Gasteiger partial charge on any atom is -0.467 e. The Morgan fingerprint density at radius 1 is 1.06 bits per heavy atom. The highest BCUT2D eigenvalue weighted by Gasteiger charge is 2.28. The molecule has 0 aliphatic carbocycles. The van der Waals surface area contributed by atoms with Crippen LogP contribution in [0.2, 0.25) is 0 Å². The number of nitrogens with zero attached hydrogens (tertiary/aromatic N) is 5. The van der Waals surface area contributed by atoms with Crippen molar-refractivity contribution in [2.24, 2.45) is 7.05 Å². The van der Waals surface area contributed by atoms with E-state index in [1.54, 1.807) is 23.1 Å². The van der Waals surface area contributed by atoms with E-state index in [1.165, 1.54) is 4.90 Å². The SMILES string of the molecule is Cn1cc(-c2ccc(Nc3ccc4c(n3)OC(c3ccccc3)CN(C(=O)O)C4)nc2)cn1. The number of benzene rings is 1. The molecule has 4 aromatic rings. The zero-order valence-electron chi connectivity index (χ0n) is 17.9. The number of hydrogen-bond acceptors (Lipinski definition) is 6. The molecule has 9 heteroatoms. The zero-order valence-corrected chi connectivity index (χ0v) is 17.9. The molecule has 0 saturated carbocycles. The lowest BCUT2D eigenvalue weighted by Gasteiger charge is -2.21. The summed E-state index contributed by atoms with van der Waals surface area (Å²) in [5.74, 6) is 1.60. The van der Waals surface area contributed by atoms with Crippen LogP contribution in [0.3, 0.4) is 0 Å². The molecule has 1 atom stereocenters. The Balaban J connectivity index is 1.39. The van der Waals surface area contributed by atoms with Gasteiger partial charge in [0.25, 0.3) is 0 Å². The van der Waals surface area contributed by atoms with Crippen molar-refractivity contribution in [3.63, 3.8) is 0 Å². The average molecular weight is 442 g/mol. The second-order valence-corrected chi connectivity index (χ2v) is 7.80. The molecule has 5 rings (SSSR count). The van der Waals surface area contributed by atoms with Crippen LogP contribution in [0.5, 0.6) is 5.88 Å². The van der Waals surface area contributed by atoms with Gasteiger partial charge in [-0.1, -0.05) is 30.3 Å². The Labute approximate surface area is 190 Å². The lowest BCUT2D eigenvalue weighted by Crippen LogP contribution is -2.32. The number of rotatable bonds is 4. The summed E-state index contributed by atoms with van der Waals surface area (Å²) in [4.78, 5) is 22.2. The second kappa shape index (κ2) is 8.62. The molecule has 0 bridgehead atoms. The lowest BCUT2D eigenvalue weighted by atomic mass is 10.1. The minimum atomic E-state index is -0.993. The molecule has 1 aromatic carbocycles. The fraction of sp³-hybridized carbons (Fsp3) is 0.167. The third-order valence-corrected chi connectivity index (χ3v) is 5.44. The van der Waals surface area contributed by atoms with E-state index in [1.807, 2.05) is 61.8 Å². The second-order valence-electron chi connectivity index (χ2n) is 7.80. The molecule has 1 amide bonds. The predicted molar refractivity (Wildman–Crippen MR) is 122 cm³/mol. The Hall–Kier alpha value is -4.40. The van der Waals surface area contributed by atoms with Crippen molar-refractivity contribution >= 4 is 17.7 Å². The van der Waals surface area contributed by atoms with Gasteiger partial charge < -0.3 is 15.2 Å². The largest absolute Gasteiger partial charge is 0.467 e. The summed E-state index contributed by atoms with van der Waals surface area (Å²) in [5, 5.41) is 17.0. The number of fused-ring (bicyclic) bond motifs is 1. The van der Waals surface area contributed by atoms with Gasteiger partial charge in [-0.05, 0) is 29.8 Å². The third kappa shape index (κ3) is 4.47. The smallest absolute Gasteiger partial charge is 0.407 e. The number of pyridine rings is 2. The van der Waals surface area contributed by atoms with Crippen molar-refractivity contribution in [3.8, 4) is 17.0 Å². The van der Waals surface area contributed by atoms with Crippen molar-refractivity contribution in [1.82, 2.24) is 24.6 Å². The van der Waals surface area contributed by atoms with Gasteiger partial charge in [0.1, 0.15) is 17.7 Å². The number of carboxylic acid groups (broad SMARTS) is 1.